The normalized spacial score (nSPS) is 17.1. The van der Waals surface area contributed by atoms with Crippen LogP contribution >= 0.6 is 0 Å². The van der Waals surface area contributed by atoms with Crippen molar-refractivity contribution in [3.8, 4) is 17.6 Å². The number of aryl methyl sites for hydroxylation is 1. The number of hydrogen-bond donors (Lipinski definition) is 2. The van der Waals surface area contributed by atoms with E-state index in [0.717, 1.165) is 0 Å². The molecule has 7 heteroatoms. The fraction of sp³-hybridized carbons (Fsp3) is 0.115. The number of rotatable bonds is 4. The van der Waals surface area contributed by atoms with E-state index in [9.17, 15) is 19.8 Å². The van der Waals surface area contributed by atoms with Crippen LogP contribution in [-0.4, -0.2) is 29.0 Å². The lowest BCUT2D eigenvalue weighted by molar-refractivity contribution is -0.132. The van der Waals surface area contributed by atoms with E-state index in [-0.39, 0.29) is 17.1 Å². The molecule has 0 spiro atoms. The van der Waals surface area contributed by atoms with Crippen molar-refractivity contribution in [3.63, 3.8) is 0 Å². The summed E-state index contributed by atoms with van der Waals surface area (Å²) in [7, 11) is 1.53. The summed E-state index contributed by atoms with van der Waals surface area (Å²) >= 11 is 0. The summed E-state index contributed by atoms with van der Waals surface area (Å²) < 4.78 is 5.21. The number of nitrogens with zero attached hydrogens (tertiary/aromatic N) is 2. The van der Waals surface area contributed by atoms with Crippen LogP contribution in [0.5, 0.6) is 11.5 Å². The molecule has 1 aliphatic rings. The fourth-order valence-electron chi connectivity index (χ4n) is 3.98. The second-order valence-electron chi connectivity index (χ2n) is 7.60. The molecular formula is C26H20N2O5. The standard InChI is InChI=1S/C26H20N2O5/c1-15-12-20(33-2)10-11-21(15)24(30)22-23(17-4-3-5-19(29)13-17)28(26(32)25(22)31)18-8-6-16(14-27)7-9-18/h3-13,23,29-30H,1-2H3/b24-22-. The Morgan fingerprint density at radius 1 is 1.06 bits per heavy atom. The molecule has 0 aromatic heterocycles. The number of aliphatic hydroxyl groups excluding tert-OH is 1. The number of carbonyl (C=O) groups is 2. The zero-order chi connectivity index (χ0) is 23.7. The second-order valence-corrected chi connectivity index (χ2v) is 7.60. The van der Waals surface area contributed by atoms with Gasteiger partial charge in [0.1, 0.15) is 17.3 Å². The van der Waals surface area contributed by atoms with Gasteiger partial charge < -0.3 is 14.9 Å². The molecule has 2 N–H and O–H groups in total. The zero-order valence-corrected chi connectivity index (χ0v) is 17.9. The van der Waals surface area contributed by atoms with Gasteiger partial charge in [0.15, 0.2) is 0 Å². The van der Waals surface area contributed by atoms with E-state index in [0.29, 0.717) is 33.7 Å². The monoisotopic (exact) mass is 440 g/mol. The van der Waals surface area contributed by atoms with Gasteiger partial charge in [-0.25, -0.2) is 0 Å². The molecule has 0 aliphatic carbocycles. The molecule has 0 saturated carbocycles. The summed E-state index contributed by atoms with van der Waals surface area (Å²) in [5.41, 5.74) is 2.19. The van der Waals surface area contributed by atoms with Crippen molar-refractivity contribution < 1.29 is 24.5 Å². The Morgan fingerprint density at radius 3 is 2.39 bits per heavy atom. The molecule has 0 radical (unpaired) electrons. The third-order valence-electron chi connectivity index (χ3n) is 5.59. The van der Waals surface area contributed by atoms with Gasteiger partial charge in [-0.3, -0.25) is 14.5 Å². The highest BCUT2D eigenvalue weighted by atomic mass is 16.5. The maximum atomic E-state index is 13.2. The van der Waals surface area contributed by atoms with Gasteiger partial charge in [-0.1, -0.05) is 12.1 Å². The number of ketones is 1. The van der Waals surface area contributed by atoms with E-state index in [4.69, 9.17) is 10.00 Å². The van der Waals surface area contributed by atoms with Gasteiger partial charge in [-0.2, -0.15) is 5.26 Å². The summed E-state index contributed by atoms with van der Waals surface area (Å²) in [4.78, 5) is 27.6. The number of amides is 1. The Morgan fingerprint density at radius 2 is 1.79 bits per heavy atom. The first kappa shape index (κ1) is 21.7. The summed E-state index contributed by atoms with van der Waals surface area (Å²) in [6.45, 7) is 1.76. The molecule has 1 amide bonds. The summed E-state index contributed by atoms with van der Waals surface area (Å²) in [5.74, 6) is -1.44. The molecule has 3 aromatic carbocycles. The Kier molecular flexibility index (Phi) is 5.59. The van der Waals surface area contributed by atoms with E-state index in [2.05, 4.69) is 0 Å². The number of nitriles is 1. The van der Waals surface area contributed by atoms with Crippen LogP contribution in [0.4, 0.5) is 5.69 Å². The molecule has 3 aromatic rings. The average Bonchev–Trinajstić information content (AvgIpc) is 3.09. The molecule has 1 aliphatic heterocycles. The van der Waals surface area contributed by atoms with Gasteiger partial charge >= 0.3 is 0 Å². The van der Waals surface area contributed by atoms with Gasteiger partial charge in [-0.15, -0.1) is 0 Å². The Hall–Kier alpha value is -4.57. The molecule has 33 heavy (non-hydrogen) atoms. The van der Waals surface area contributed by atoms with Crippen molar-refractivity contribution in [1.29, 1.82) is 5.26 Å². The maximum Gasteiger partial charge on any atom is 0.300 e. The third-order valence-corrected chi connectivity index (χ3v) is 5.59. The lowest BCUT2D eigenvalue weighted by Crippen LogP contribution is -2.29. The number of methoxy groups -OCH3 is 1. The summed E-state index contributed by atoms with van der Waals surface area (Å²) in [6, 6.07) is 18.4. The van der Waals surface area contributed by atoms with E-state index in [1.165, 1.54) is 24.1 Å². The van der Waals surface area contributed by atoms with E-state index < -0.39 is 17.7 Å². The number of benzene rings is 3. The van der Waals surface area contributed by atoms with Crippen LogP contribution in [0.3, 0.4) is 0 Å². The Bertz CT molecular complexity index is 1340. The molecule has 1 atom stereocenters. The highest BCUT2D eigenvalue weighted by Crippen LogP contribution is 2.43. The van der Waals surface area contributed by atoms with Crippen molar-refractivity contribution in [2.75, 3.05) is 12.0 Å². The Labute approximate surface area is 190 Å². The highest BCUT2D eigenvalue weighted by Gasteiger charge is 2.47. The molecule has 164 valence electrons. The SMILES string of the molecule is COc1ccc(/C(O)=C2/C(=O)C(=O)N(c3ccc(C#N)cc3)C2c2cccc(O)c2)c(C)c1. The van der Waals surface area contributed by atoms with Gasteiger partial charge in [0.25, 0.3) is 11.7 Å². The average molecular weight is 440 g/mol. The smallest absolute Gasteiger partial charge is 0.300 e. The predicted octanol–water partition coefficient (Wildman–Crippen LogP) is 4.21. The van der Waals surface area contributed by atoms with Crippen molar-refractivity contribution in [3.05, 3.63) is 94.6 Å². The number of aromatic hydroxyl groups is 1. The van der Waals surface area contributed by atoms with E-state index in [1.54, 1.807) is 61.5 Å². The van der Waals surface area contributed by atoms with Crippen LogP contribution < -0.4 is 9.64 Å². The number of anilines is 1. The number of ether oxygens (including phenoxy) is 1. The minimum Gasteiger partial charge on any atom is -0.508 e. The first-order valence-electron chi connectivity index (χ1n) is 10.1. The van der Waals surface area contributed by atoms with Gasteiger partial charge in [-0.05, 0) is 72.6 Å². The number of carbonyl (C=O) groups excluding carboxylic acids is 2. The number of phenols is 1. The largest absolute Gasteiger partial charge is 0.508 e. The van der Waals surface area contributed by atoms with E-state index >= 15 is 0 Å². The lowest BCUT2D eigenvalue weighted by atomic mass is 9.93. The predicted molar refractivity (Wildman–Crippen MR) is 122 cm³/mol. The van der Waals surface area contributed by atoms with Crippen LogP contribution in [0.25, 0.3) is 5.76 Å². The summed E-state index contributed by atoms with van der Waals surface area (Å²) in [6.07, 6.45) is 0. The second kappa shape index (κ2) is 8.52. The zero-order valence-electron chi connectivity index (χ0n) is 17.9. The molecule has 0 bridgehead atoms. The number of Topliss-reactive ketones (excluding diaryl/α,β-unsaturated/α-hetero) is 1. The Balaban J connectivity index is 1.95. The van der Waals surface area contributed by atoms with Gasteiger partial charge in [0.2, 0.25) is 0 Å². The van der Waals surface area contributed by atoms with Gasteiger partial charge in [0, 0.05) is 11.3 Å². The molecule has 7 nitrogen and oxygen atoms in total. The molecule has 1 fully saturated rings. The third kappa shape index (κ3) is 3.79. The minimum atomic E-state index is -0.980. The number of aliphatic hydroxyl groups is 1. The first-order chi connectivity index (χ1) is 15.8. The summed E-state index contributed by atoms with van der Waals surface area (Å²) in [5, 5.41) is 30.4. The van der Waals surface area contributed by atoms with Crippen LogP contribution in [0, 0.1) is 18.3 Å². The molecule has 1 heterocycles. The van der Waals surface area contributed by atoms with Crippen molar-refractivity contribution in [1.82, 2.24) is 0 Å². The lowest BCUT2D eigenvalue weighted by Gasteiger charge is -2.25. The first-order valence-corrected chi connectivity index (χ1v) is 10.1. The molecule has 4 rings (SSSR count). The number of hydrogen-bond acceptors (Lipinski definition) is 6. The topological polar surface area (TPSA) is 111 Å². The van der Waals surface area contributed by atoms with Crippen molar-refractivity contribution in [2.24, 2.45) is 0 Å². The highest BCUT2D eigenvalue weighted by molar-refractivity contribution is 6.51. The van der Waals surface area contributed by atoms with Crippen molar-refractivity contribution in [2.45, 2.75) is 13.0 Å². The molecule has 1 unspecified atom stereocenters. The van der Waals surface area contributed by atoms with Crippen LogP contribution in [0.2, 0.25) is 0 Å². The minimum absolute atomic E-state index is 0.0430. The van der Waals surface area contributed by atoms with Crippen molar-refractivity contribution >= 4 is 23.1 Å². The fourth-order valence-corrected chi connectivity index (χ4v) is 3.98. The molecule has 1 saturated heterocycles. The van der Waals surface area contributed by atoms with Gasteiger partial charge in [0.05, 0.1) is 30.4 Å². The van der Waals surface area contributed by atoms with Crippen LogP contribution in [-0.2, 0) is 9.59 Å². The van der Waals surface area contributed by atoms with Crippen LogP contribution in [0.15, 0.2) is 72.3 Å². The quantitative estimate of drug-likeness (QED) is 0.357. The van der Waals surface area contributed by atoms with E-state index in [1.807, 2.05) is 6.07 Å². The van der Waals surface area contributed by atoms with Crippen LogP contribution in [0.1, 0.15) is 28.3 Å². The maximum absolute atomic E-state index is 13.2. The molecular weight excluding hydrogens is 420 g/mol. The number of phenolic OH excluding ortho intramolecular Hbond substituents is 1.